The van der Waals surface area contributed by atoms with E-state index < -0.39 is 48.9 Å². The van der Waals surface area contributed by atoms with E-state index in [4.69, 9.17) is 11.6 Å². The van der Waals surface area contributed by atoms with Gasteiger partial charge in [0, 0.05) is 16.8 Å². The monoisotopic (exact) mass is 462 g/mol. The topological polar surface area (TPSA) is 67.4 Å². The van der Waals surface area contributed by atoms with Crippen LogP contribution in [0, 0.1) is 11.6 Å². The largest absolute Gasteiger partial charge is 0.449 e. The lowest BCUT2D eigenvalue weighted by Crippen LogP contribution is -2.29. The zero-order valence-corrected chi connectivity index (χ0v) is 16.5. The number of anilines is 1. The molecular formula is C20H16ClF5N2O3. The predicted molar refractivity (Wildman–Crippen MR) is 102 cm³/mol. The molecule has 0 heterocycles. The van der Waals surface area contributed by atoms with Crippen LogP contribution in [0.5, 0.6) is 0 Å². The molecule has 1 aliphatic rings. The third-order valence-electron chi connectivity index (χ3n) is 4.67. The zero-order valence-electron chi connectivity index (χ0n) is 15.8. The third-order valence-corrected chi connectivity index (χ3v) is 4.96. The molecular weight excluding hydrogens is 447 g/mol. The first-order chi connectivity index (χ1) is 14.5. The third kappa shape index (κ3) is 5.63. The van der Waals surface area contributed by atoms with E-state index in [9.17, 15) is 31.5 Å². The van der Waals surface area contributed by atoms with Gasteiger partial charge in [-0.2, -0.15) is 13.2 Å². The number of halogens is 6. The van der Waals surface area contributed by atoms with Crippen molar-refractivity contribution in [1.29, 1.82) is 0 Å². The number of hydrogen-bond donors (Lipinski definition) is 2. The Hall–Kier alpha value is -2.88. The standard InChI is InChI=1S/C20H16ClF5N2O3/c21-13-9-10(1-4-14(13)22)27-18(29)12-2-5-15(23)17-11(12)3-6-16(17)28-19(30)31-8-7-20(24,25)26/h1-2,4-5,9,16H,3,6-8H2,(H,27,29)(H,28,30)/t16-/m0/s1. The lowest BCUT2D eigenvalue weighted by atomic mass is 10.0. The Morgan fingerprint density at radius 2 is 1.84 bits per heavy atom. The van der Waals surface area contributed by atoms with E-state index in [0.29, 0.717) is 5.56 Å². The highest BCUT2D eigenvalue weighted by atomic mass is 35.5. The number of amides is 2. The van der Waals surface area contributed by atoms with E-state index >= 15 is 0 Å². The molecule has 0 spiro atoms. The molecule has 0 aromatic heterocycles. The van der Waals surface area contributed by atoms with Crippen LogP contribution in [-0.4, -0.2) is 24.8 Å². The molecule has 0 fully saturated rings. The van der Waals surface area contributed by atoms with Crippen molar-refractivity contribution in [2.24, 2.45) is 0 Å². The van der Waals surface area contributed by atoms with Crippen LogP contribution in [0.25, 0.3) is 0 Å². The molecule has 5 nitrogen and oxygen atoms in total. The number of ether oxygens (including phenoxy) is 1. The maximum atomic E-state index is 14.4. The Morgan fingerprint density at radius 3 is 2.52 bits per heavy atom. The van der Waals surface area contributed by atoms with E-state index in [-0.39, 0.29) is 34.7 Å². The van der Waals surface area contributed by atoms with Crippen LogP contribution in [0.15, 0.2) is 30.3 Å². The van der Waals surface area contributed by atoms with Crippen LogP contribution < -0.4 is 10.6 Å². The van der Waals surface area contributed by atoms with E-state index in [1.165, 1.54) is 18.2 Å². The molecule has 166 valence electrons. The lowest BCUT2D eigenvalue weighted by molar-refractivity contribution is -0.141. The van der Waals surface area contributed by atoms with Gasteiger partial charge in [0.05, 0.1) is 17.5 Å². The van der Waals surface area contributed by atoms with Crippen LogP contribution in [0.3, 0.4) is 0 Å². The maximum Gasteiger partial charge on any atom is 0.407 e. The van der Waals surface area contributed by atoms with Crippen molar-refractivity contribution in [3.05, 3.63) is 63.7 Å². The molecule has 2 aromatic rings. The van der Waals surface area contributed by atoms with Crippen LogP contribution >= 0.6 is 11.6 Å². The quantitative estimate of drug-likeness (QED) is 0.574. The first-order valence-corrected chi connectivity index (χ1v) is 9.50. The Morgan fingerprint density at radius 1 is 1.13 bits per heavy atom. The summed E-state index contributed by atoms with van der Waals surface area (Å²) in [5.41, 5.74) is 0.797. The number of benzene rings is 2. The molecule has 2 amide bonds. The van der Waals surface area contributed by atoms with Gasteiger partial charge in [-0.15, -0.1) is 0 Å². The van der Waals surface area contributed by atoms with E-state index in [0.717, 1.165) is 12.1 Å². The van der Waals surface area contributed by atoms with Crippen LogP contribution in [0.1, 0.15) is 40.4 Å². The van der Waals surface area contributed by atoms with Crippen molar-refractivity contribution in [1.82, 2.24) is 5.32 Å². The summed E-state index contributed by atoms with van der Waals surface area (Å²) in [6, 6.07) is 5.09. The number of nitrogens with one attached hydrogen (secondary N) is 2. The summed E-state index contributed by atoms with van der Waals surface area (Å²) in [5.74, 6) is -1.92. The van der Waals surface area contributed by atoms with Gasteiger partial charge in [0.25, 0.3) is 5.91 Å². The summed E-state index contributed by atoms with van der Waals surface area (Å²) in [4.78, 5) is 24.4. The second-order valence-electron chi connectivity index (χ2n) is 6.81. The molecule has 2 N–H and O–H groups in total. The Balaban J connectivity index is 1.72. The molecule has 1 atom stereocenters. The highest BCUT2D eigenvalue weighted by molar-refractivity contribution is 6.31. The van der Waals surface area contributed by atoms with Crippen LogP contribution in [0.4, 0.5) is 32.4 Å². The summed E-state index contributed by atoms with van der Waals surface area (Å²) in [7, 11) is 0. The van der Waals surface area contributed by atoms with Crippen LogP contribution in [-0.2, 0) is 11.2 Å². The molecule has 0 bridgehead atoms. The lowest BCUT2D eigenvalue weighted by Gasteiger charge is -2.16. The van der Waals surface area contributed by atoms with Crippen LogP contribution in [0.2, 0.25) is 5.02 Å². The Labute approximate surface area is 178 Å². The van der Waals surface area contributed by atoms with E-state index in [1.807, 2.05) is 0 Å². The maximum absolute atomic E-state index is 14.4. The fourth-order valence-electron chi connectivity index (χ4n) is 3.29. The number of alkyl halides is 3. The van der Waals surface area contributed by atoms with Crippen molar-refractivity contribution in [2.75, 3.05) is 11.9 Å². The number of carbonyl (C=O) groups excluding carboxylic acids is 2. The molecule has 31 heavy (non-hydrogen) atoms. The van der Waals surface area contributed by atoms with Gasteiger partial charge in [0.15, 0.2) is 0 Å². The van der Waals surface area contributed by atoms with Crippen molar-refractivity contribution in [3.63, 3.8) is 0 Å². The van der Waals surface area contributed by atoms with Gasteiger partial charge in [-0.25, -0.2) is 13.6 Å². The fraction of sp³-hybridized carbons (Fsp3) is 0.300. The highest BCUT2D eigenvalue weighted by Gasteiger charge is 2.32. The van der Waals surface area contributed by atoms with Gasteiger partial charge in [-0.05, 0) is 48.7 Å². The minimum absolute atomic E-state index is 0.0672. The normalized spacial score (nSPS) is 15.4. The first-order valence-electron chi connectivity index (χ1n) is 9.13. The molecule has 0 radical (unpaired) electrons. The molecule has 1 aliphatic carbocycles. The summed E-state index contributed by atoms with van der Waals surface area (Å²) in [6.45, 7) is -0.861. The molecule has 0 aliphatic heterocycles. The molecule has 0 saturated heterocycles. The Kier molecular flexibility index (Phi) is 6.68. The first kappa shape index (κ1) is 22.8. The minimum Gasteiger partial charge on any atom is -0.449 e. The molecule has 3 rings (SSSR count). The summed E-state index contributed by atoms with van der Waals surface area (Å²) in [5, 5.41) is 4.69. The average Bonchev–Trinajstić information content (AvgIpc) is 3.08. The molecule has 11 heteroatoms. The van der Waals surface area contributed by atoms with Gasteiger partial charge < -0.3 is 15.4 Å². The summed E-state index contributed by atoms with van der Waals surface area (Å²) < 4.78 is 68.7. The van der Waals surface area contributed by atoms with Gasteiger partial charge in [-0.3, -0.25) is 4.79 Å². The molecule has 0 unspecified atom stereocenters. The van der Waals surface area contributed by atoms with Gasteiger partial charge >= 0.3 is 12.3 Å². The molecule has 2 aromatic carbocycles. The summed E-state index contributed by atoms with van der Waals surface area (Å²) >= 11 is 5.70. The van der Waals surface area contributed by atoms with Crippen molar-refractivity contribution in [3.8, 4) is 0 Å². The van der Waals surface area contributed by atoms with E-state index in [2.05, 4.69) is 15.4 Å². The molecule has 0 saturated carbocycles. The Bertz CT molecular complexity index is 1010. The number of fused-ring (bicyclic) bond motifs is 1. The average molecular weight is 463 g/mol. The minimum atomic E-state index is -4.47. The summed E-state index contributed by atoms with van der Waals surface area (Å²) in [6.07, 6.45) is -6.41. The van der Waals surface area contributed by atoms with E-state index in [1.54, 1.807) is 0 Å². The second kappa shape index (κ2) is 9.09. The highest BCUT2D eigenvalue weighted by Crippen LogP contribution is 2.36. The second-order valence-corrected chi connectivity index (χ2v) is 7.21. The van der Waals surface area contributed by atoms with Gasteiger partial charge in [-0.1, -0.05) is 11.6 Å². The fourth-order valence-corrected chi connectivity index (χ4v) is 3.47. The van der Waals surface area contributed by atoms with Gasteiger partial charge in [0.2, 0.25) is 0 Å². The van der Waals surface area contributed by atoms with Crippen molar-refractivity contribution >= 4 is 29.3 Å². The number of rotatable bonds is 5. The van der Waals surface area contributed by atoms with Gasteiger partial charge in [0.1, 0.15) is 18.2 Å². The smallest absolute Gasteiger partial charge is 0.407 e. The van der Waals surface area contributed by atoms with Crippen molar-refractivity contribution < 1.29 is 36.3 Å². The number of hydrogen-bond acceptors (Lipinski definition) is 3. The number of carbonyl (C=O) groups is 2. The SMILES string of the molecule is O=C(N[C@H]1CCc2c(C(=O)Nc3ccc(F)c(Cl)c3)ccc(F)c21)OCCC(F)(F)F. The van der Waals surface area contributed by atoms with Crippen molar-refractivity contribution in [2.45, 2.75) is 31.5 Å². The number of alkyl carbamates (subject to hydrolysis) is 1. The zero-order chi connectivity index (χ0) is 22.8. The predicted octanol–water partition coefficient (Wildman–Crippen LogP) is 5.54.